The van der Waals surface area contributed by atoms with Crippen LogP contribution in [0.3, 0.4) is 0 Å². The SMILES string of the molecule is NN1CCC(Cc2nc3ccccc3o2)CC1. The van der Waals surface area contributed by atoms with Crippen molar-refractivity contribution in [1.29, 1.82) is 0 Å². The maximum absolute atomic E-state index is 5.75. The smallest absolute Gasteiger partial charge is 0.195 e. The topological polar surface area (TPSA) is 55.3 Å². The first kappa shape index (κ1) is 10.7. The lowest BCUT2D eigenvalue weighted by Gasteiger charge is -2.27. The summed E-state index contributed by atoms with van der Waals surface area (Å²) in [6.07, 6.45) is 3.20. The quantitative estimate of drug-likeness (QED) is 0.803. The Labute approximate surface area is 100 Å². The Morgan fingerprint density at radius 2 is 2.06 bits per heavy atom. The van der Waals surface area contributed by atoms with E-state index < -0.39 is 0 Å². The van der Waals surface area contributed by atoms with Crippen LogP contribution in [0, 0.1) is 5.92 Å². The number of piperidine rings is 1. The highest BCUT2D eigenvalue weighted by Crippen LogP contribution is 2.22. The number of hydrogen-bond donors (Lipinski definition) is 1. The zero-order chi connectivity index (χ0) is 11.7. The Bertz CT molecular complexity index is 467. The van der Waals surface area contributed by atoms with Gasteiger partial charge in [0, 0.05) is 19.5 Å². The van der Waals surface area contributed by atoms with Gasteiger partial charge >= 0.3 is 0 Å². The van der Waals surface area contributed by atoms with Gasteiger partial charge in [0.25, 0.3) is 0 Å². The highest BCUT2D eigenvalue weighted by Gasteiger charge is 2.19. The van der Waals surface area contributed by atoms with Crippen molar-refractivity contribution in [3.8, 4) is 0 Å². The number of aromatic nitrogens is 1. The van der Waals surface area contributed by atoms with Gasteiger partial charge in [-0.15, -0.1) is 0 Å². The second kappa shape index (κ2) is 4.47. The van der Waals surface area contributed by atoms with Crippen molar-refractivity contribution in [2.45, 2.75) is 19.3 Å². The van der Waals surface area contributed by atoms with Crippen LogP contribution in [-0.4, -0.2) is 23.1 Å². The predicted molar refractivity (Wildman–Crippen MR) is 66.2 cm³/mol. The first-order valence-corrected chi connectivity index (χ1v) is 6.15. The largest absolute Gasteiger partial charge is 0.441 e. The van der Waals surface area contributed by atoms with Gasteiger partial charge in [-0.05, 0) is 30.9 Å². The molecule has 1 fully saturated rings. The van der Waals surface area contributed by atoms with Crippen LogP contribution in [0.2, 0.25) is 0 Å². The summed E-state index contributed by atoms with van der Waals surface area (Å²) in [6.45, 7) is 1.95. The van der Waals surface area contributed by atoms with Gasteiger partial charge in [0.15, 0.2) is 11.5 Å². The number of benzene rings is 1. The Hall–Kier alpha value is -1.39. The molecule has 1 saturated heterocycles. The predicted octanol–water partition coefficient (Wildman–Crippen LogP) is 1.96. The summed E-state index contributed by atoms with van der Waals surface area (Å²) in [5.74, 6) is 7.26. The average molecular weight is 231 g/mol. The molecule has 3 rings (SSSR count). The Kier molecular flexibility index (Phi) is 2.82. The third-order valence-corrected chi connectivity index (χ3v) is 3.45. The summed E-state index contributed by atoms with van der Waals surface area (Å²) in [6, 6.07) is 7.92. The molecule has 4 nitrogen and oxygen atoms in total. The average Bonchev–Trinajstić information content (AvgIpc) is 2.74. The third-order valence-electron chi connectivity index (χ3n) is 3.45. The molecule has 0 atom stereocenters. The van der Waals surface area contributed by atoms with Gasteiger partial charge in [-0.25, -0.2) is 9.99 Å². The minimum atomic E-state index is 0.655. The van der Waals surface area contributed by atoms with E-state index in [1.165, 1.54) is 0 Å². The lowest BCUT2D eigenvalue weighted by molar-refractivity contribution is 0.183. The molecule has 2 aromatic rings. The van der Waals surface area contributed by atoms with Crippen molar-refractivity contribution >= 4 is 11.1 Å². The molecule has 2 heterocycles. The van der Waals surface area contributed by atoms with Crippen LogP contribution in [0.25, 0.3) is 11.1 Å². The summed E-state index contributed by atoms with van der Waals surface area (Å²) in [5, 5.41) is 1.89. The number of nitrogens with two attached hydrogens (primary N) is 1. The molecule has 0 saturated carbocycles. The van der Waals surface area contributed by atoms with Gasteiger partial charge in [0.05, 0.1) is 0 Å². The van der Waals surface area contributed by atoms with E-state index in [1.807, 2.05) is 29.3 Å². The number of nitrogens with zero attached hydrogens (tertiary/aromatic N) is 2. The standard InChI is InChI=1S/C13H17N3O/c14-16-7-5-10(6-8-16)9-13-15-11-3-1-2-4-12(11)17-13/h1-4,10H,5-9,14H2. The number of oxazole rings is 1. The number of hydrogen-bond acceptors (Lipinski definition) is 4. The molecule has 2 N–H and O–H groups in total. The summed E-state index contributed by atoms with van der Waals surface area (Å²) in [7, 11) is 0. The van der Waals surface area contributed by atoms with Crippen molar-refractivity contribution in [2.75, 3.05) is 13.1 Å². The fraction of sp³-hybridized carbons (Fsp3) is 0.462. The van der Waals surface area contributed by atoms with Crippen LogP contribution >= 0.6 is 0 Å². The Morgan fingerprint density at radius 1 is 1.29 bits per heavy atom. The molecule has 4 heteroatoms. The van der Waals surface area contributed by atoms with E-state index in [1.54, 1.807) is 0 Å². The lowest BCUT2D eigenvalue weighted by atomic mass is 9.94. The molecular formula is C13H17N3O. The van der Waals surface area contributed by atoms with Crippen molar-refractivity contribution < 1.29 is 4.42 Å². The van der Waals surface area contributed by atoms with Crippen molar-refractivity contribution in [2.24, 2.45) is 11.8 Å². The molecular weight excluding hydrogens is 214 g/mol. The minimum Gasteiger partial charge on any atom is -0.441 e. The van der Waals surface area contributed by atoms with Crippen LogP contribution in [-0.2, 0) is 6.42 Å². The summed E-state index contributed by atoms with van der Waals surface area (Å²) < 4.78 is 5.74. The van der Waals surface area contributed by atoms with E-state index in [2.05, 4.69) is 4.98 Å². The molecule has 0 spiro atoms. The number of para-hydroxylation sites is 2. The number of rotatable bonds is 2. The van der Waals surface area contributed by atoms with Crippen LogP contribution < -0.4 is 5.84 Å². The Balaban J connectivity index is 1.72. The van der Waals surface area contributed by atoms with Crippen LogP contribution in [0.15, 0.2) is 28.7 Å². The normalized spacial score (nSPS) is 18.9. The van der Waals surface area contributed by atoms with Crippen molar-refractivity contribution in [3.63, 3.8) is 0 Å². The van der Waals surface area contributed by atoms with Crippen LogP contribution in [0.4, 0.5) is 0 Å². The molecule has 1 aliphatic rings. The van der Waals surface area contributed by atoms with Gasteiger partial charge in [-0.2, -0.15) is 0 Å². The highest BCUT2D eigenvalue weighted by molar-refractivity contribution is 5.72. The van der Waals surface area contributed by atoms with E-state index in [0.29, 0.717) is 5.92 Å². The molecule has 1 aromatic heterocycles. The summed E-state index contributed by atoms with van der Waals surface area (Å²) in [5.41, 5.74) is 1.84. The van der Waals surface area contributed by atoms with E-state index in [4.69, 9.17) is 10.3 Å². The van der Waals surface area contributed by atoms with E-state index in [-0.39, 0.29) is 0 Å². The zero-order valence-corrected chi connectivity index (χ0v) is 9.80. The minimum absolute atomic E-state index is 0.655. The molecule has 90 valence electrons. The van der Waals surface area contributed by atoms with E-state index in [9.17, 15) is 0 Å². The van der Waals surface area contributed by atoms with Crippen LogP contribution in [0.1, 0.15) is 18.7 Å². The lowest BCUT2D eigenvalue weighted by Crippen LogP contribution is -2.39. The zero-order valence-electron chi connectivity index (χ0n) is 9.80. The monoisotopic (exact) mass is 231 g/mol. The Morgan fingerprint density at radius 3 is 2.82 bits per heavy atom. The highest BCUT2D eigenvalue weighted by atomic mass is 16.3. The van der Waals surface area contributed by atoms with E-state index in [0.717, 1.165) is 49.3 Å². The number of hydrazine groups is 1. The van der Waals surface area contributed by atoms with Gasteiger partial charge in [0.1, 0.15) is 5.52 Å². The summed E-state index contributed by atoms with van der Waals surface area (Å²) >= 11 is 0. The number of fused-ring (bicyclic) bond motifs is 1. The second-order valence-corrected chi connectivity index (χ2v) is 4.76. The summed E-state index contributed by atoms with van der Waals surface area (Å²) in [4.78, 5) is 4.51. The maximum Gasteiger partial charge on any atom is 0.195 e. The molecule has 0 radical (unpaired) electrons. The molecule has 17 heavy (non-hydrogen) atoms. The van der Waals surface area contributed by atoms with Crippen molar-refractivity contribution in [3.05, 3.63) is 30.2 Å². The third kappa shape index (κ3) is 2.33. The molecule has 0 bridgehead atoms. The molecule has 1 aromatic carbocycles. The van der Waals surface area contributed by atoms with Gasteiger partial charge < -0.3 is 4.42 Å². The van der Waals surface area contributed by atoms with Gasteiger partial charge in [0.2, 0.25) is 0 Å². The molecule has 0 unspecified atom stereocenters. The first-order chi connectivity index (χ1) is 8.31. The fourth-order valence-corrected chi connectivity index (χ4v) is 2.41. The molecule has 0 amide bonds. The fourth-order valence-electron chi connectivity index (χ4n) is 2.41. The molecule has 0 aliphatic carbocycles. The van der Waals surface area contributed by atoms with E-state index >= 15 is 0 Å². The molecule has 1 aliphatic heterocycles. The maximum atomic E-state index is 5.75. The van der Waals surface area contributed by atoms with Gasteiger partial charge in [-0.3, -0.25) is 5.84 Å². The van der Waals surface area contributed by atoms with Crippen molar-refractivity contribution in [1.82, 2.24) is 9.99 Å². The van der Waals surface area contributed by atoms with Gasteiger partial charge in [-0.1, -0.05) is 12.1 Å². The second-order valence-electron chi connectivity index (χ2n) is 4.76. The van der Waals surface area contributed by atoms with Crippen LogP contribution in [0.5, 0.6) is 0 Å². The first-order valence-electron chi connectivity index (χ1n) is 6.15.